The number of aromatic nitrogens is 2. The van der Waals surface area contributed by atoms with Gasteiger partial charge in [0.2, 0.25) is 5.89 Å². The number of benzene rings is 2. The number of hydrogen-bond donors (Lipinski definition) is 1. The van der Waals surface area contributed by atoms with E-state index in [0.29, 0.717) is 87.4 Å². The van der Waals surface area contributed by atoms with Gasteiger partial charge in [-0.25, -0.2) is 14.8 Å². The van der Waals surface area contributed by atoms with Crippen LogP contribution < -0.4 is 10.4 Å². The molecule has 4 aromatic rings. The van der Waals surface area contributed by atoms with Crippen molar-refractivity contribution in [3.8, 4) is 0 Å². The summed E-state index contributed by atoms with van der Waals surface area (Å²) in [6.07, 6.45) is 22.0. The normalized spacial score (nSPS) is 31.5. The predicted octanol–water partition coefficient (Wildman–Crippen LogP) is 12.3. The van der Waals surface area contributed by atoms with Gasteiger partial charge in [-0.05, 0) is 85.5 Å². The van der Waals surface area contributed by atoms with E-state index in [-0.39, 0.29) is 59.9 Å². The summed E-state index contributed by atoms with van der Waals surface area (Å²) in [5.74, 6) is -0.719. The van der Waals surface area contributed by atoms with Gasteiger partial charge in [0.15, 0.2) is 11.7 Å². The van der Waals surface area contributed by atoms with Crippen LogP contribution in [0, 0.1) is 11.8 Å². The maximum absolute atomic E-state index is 13.8. The van der Waals surface area contributed by atoms with Crippen LogP contribution in [0.15, 0.2) is 154 Å². The fourth-order valence-corrected chi connectivity index (χ4v) is 18.1. The van der Waals surface area contributed by atoms with Crippen LogP contribution in [-0.4, -0.2) is 124 Å². The van der Waals surface area contributed by atoms with Gasteiger partial charge in [0.05, 0.1) is 73.7 Å². The number of esters is 1. The van der Waals surface area contributed by atoms with Crippen LogP contribution in [0.25, 0.3) is 12.2 Å². The van der Waals surface area contributed by atoms with E-state index in [9.17, 15) is 9.90 Å². The zero-order valence-electron chi connectivity index (χ0n) is 52.1. The second-order valence-corrected chi connectivity index (χ2v) is 29.6. The molecular formula is C70H92N2O13Si. The molecule has 86 heavy (non-hydrogen) atoms. The molecular weight excluding hydrogens is 1100 g/mol. The summed E-state index contributed by atoms with van der Waals surface area (Å²) in [7, 11) is 1.94. The Hall–Kier alpha value is -5.63. The number of allylic oxidation sites excluding steroid dienone is 2. The number of nitrogens with zero attached hydrogens (tertiary/aromatic N) is 2. The van der Waals surface area contributed by atoms with Crippen LogP contribution in [0.1, 0.15) is 142 Å². The lowest BCUT2D eigenvalue weighted by Gasteiger charge is -2.49. The van der Waals surface area contributed by atoms with Crippen molar-refractivity contribution in [1.82, 2.24) is 9.97 Å². The van der Waals surface area contributed by atoms with E-state index in [4.69, 9.17) is 61.1 Å². The SMILES string of the molecule is C=CCC(/C=C/C(C)=C/C(O[Si](c1ccccc1)(c1ccccc1)C(C)(C)C)C1CC(OC)CC(Cc2ncc(/C=C(\C)C3OC4C/C=C\c5nc(co5)C5CC(O)CC(CC6CC(=C)CC(C/C=C\C(=O)OC(C4C)C3C)O6)O5)o2)(OC)O1)OC. The van der Waals surface area contributed by atoms with E-state index in [2.05, 4.69) is 121 Å². The highest BCUT2D eigenvalue weighted by Gasteiger charge is 2.54. The molecule has 1 N–H and O–H groups in total. The molecule has 5 aliphatic heterocycles. The molecule has 15 unspecified atom stereocenters. The average molecular weight is 1200 g/mol. The van der Waals surface area contributed by atoms with Gasteiger partial charge in [-0.2, -0.15) is 0 Å². The van der Waals surface area contributed by atoms with Gasteiger partial charge in [0.1, 0.15) is 29.9 Å². The third-order valence-electron chi connectivity index (χ3n) is 17.9. The molecule has 7 heterocycles. The first kappa shape index (κ1) is 64.8. The number of aliphatic hydroxyl groups is 1. The van der Waals surface area contributed by atoms with Gasteiger partial charge in [-0.3, -0.25) is 0 Å². The molecule has 9 rings (SSSR count). The molecule has 8 bridgehead atoms. The monoisotopic (exact) mass is 1200 g/mol. The largest absolute Gasteiger partial charge is 0.458 e. The lowest BCUT2D eigenvalue weighted by Crippen LogP contribution is -2.69. The smallest absolute Gasteiger partial charge is 0.330 e. The van der Waals surface area contributed by atoms with Crippen molar-refractivity contribution in [2.45, 2.75) is 203 Å². The quantitative estimate of drug-likeness (QED) is 0.0458. The van der Waals surface area contributed by atoms with Crippen molar-refractivity contribution in [3.63, 3.8) is 0 Å². The van der Waals surface area contributed by atoms with Gasteiger partial charge >= 0.3 is 5.97 Å². The van der Waals surface area contributed by atoms with Gasteiger partial charge in [0, 0.05) is 64.9 Å². The first-order chi connectivity index (χ1) is 41.3. The maximum atomic E-state index is 13.8. The Labute approximate surface area is 510 Å². The van der Waals surface area contributed by atoms with Crippen molar-refractivity contribution in [2.24, 2.45) is 11.8 Å². The number of oxazole rings is 2. The summed E-state index contributed by atoms with van der Waals surface area (Å²) in [4.78, 5) is 23.4. The summed E-state index contributed by atoms with van der Waals surface area (Å²) in [6.45, 7) is 23.3. The molecule has 464 valence electrons. The van der Waals surface area contributed by atoms with Crippen molar-refractivity contribution in [1.29, 1.82) is 0 Å². The maximum Gasteiger partial charge on any atom is 0.330 e. The van der Waals surface area contributed by atoms with Crippen LogP contribution >= 0.6 is 0 Å². The van der Waals surface area contributed by atoms with Crippen LogP contribution in [0.3, 0.4) is 0 Å². The number of ether oxygens (including phenoxy) is 8. The average Bonchev–Trinajstić information content (AvgIpc) is 0.993. The van der Waals surface area contributed by atoms with E-state index in [1.807, 2.05) is 49.4 Å². The predicted molar refractivity (Wildman–Crippen MR) is 335 cm³/mol. The Kier molecular flexibility index (Phi) is 22.0. The Balaban J connectivity index is 0.987. The Morgan fingerprint density at radius 1 is 0.895 bits per heavy atom. The molecule has 0 spiro atoms. The summed E-state index contributed by atoms with van der Waals surface area (Å²) in [5, 5.41) is 12.9. The van der Waals surface area contributed by atoms with Crippen molar-refractivity contribution >= 4 is 36.8 Å². The Bertz CT molecular complexity index is 2990. The van der Waals surface area contributed by atoms with E-state index in [1.165, 1.54) is 6.08 Å². The zero-order chi connectivity index (χ0) is 61.2. The van der Waals surface area contributed by atoms with Crippen molar-refractivity contribution in [3.05, 3.63) is 169 Å². The third-order valence-corrected chi connectivity index (χ3v) is 22.9. The molecule has 5 aliphatic rings. The number of aliphatic hydroxyl groups excluding tert-OH is 1. The van der Waals surface area contributed by atoms with Crippen LogP contribution in [0.5, 0.6) is 0 Å². The fraction of sp³-hybridized carbons (Fsp3) is 0.529. The molecule has 16 heteroatoms. The number of hydrogen-bond acceptors (Lipinski definition) is 15. The summed E-state index contributed by atoms with van der Waals surface area (Å²) >= 11 is 0. The van der Waals surface area contributed by atoms with E-state index < -0.39 is 56.7 Å². The number of carbonyl (C=O) groups is 1. The number of carbonyl (C=O) groups excluding carboxylic acids is 1. The summed E-state index contributed by atoms with van der Waals surface area (Å²) in [6, 6.07) is 21.3. The molecule has 4 saturated heterocycles. The first-order valence-corrected chi connectivity index (χ1v) is 32.7. The minimum atomic E-state index is -3.16. The molecule has 2 aromatic carbocycles. The highest BCUT2D eigenvalue weighted by atomic mass is 28.4. The summed E-state index contributed by atoms with van der Waals surface area (Å²) in [5.41, 5.74) is 3.58. The summed E-state index contributed by atoms with van der Waals surface area (Å²) < 4.78 is 72.8. The van der Waals surface area contributed by atoms with E-state index in [0.717, 1.165) is 27.1 Å². The number of methoxy groups -OCH3 is 3. The van der Waals surface area contributed by atoms with Crippen LogP contribution in [0.2, 0.25) is 5.04 Å². The standard InChI is InChI=1S/C70H92N2O13Si/c1-13-22-51(75-10)32-31-45(2)35-63(85-86(69(7,8)9,57-24-16-14-17-25-57)58-26-18-15-19-27-58)62-40-55(76-11)41-70(77-12,84-62)42-65-71-43-56(81-65)36-47(4)67-49(6)68-48(5)60(82-67)28-21-29-64-72-59(44-78-64)61-38-50(73)37-54(80-61)39-53-34-46(3)33-52(79-53)23-20-30-66(74)83-68/h13-21,24-27,29-32,35-36,43-44,48-55,60-63,67-68,73H,1,3,22-23,28,33-34,37-42H2,2,4-12H3/b29-21-,30-20-,32-31+,45-35+,47-36+. The third kappa shape index (κ3) is 15.8. The Morgan fingerprint density at radius 3 is 2.30 bits per heavy atom. The molecule has 0 saturated carbocycles. The van der Waals surface area contributed by atoms with Gasteiger partial charge in [-0.1, -0.05) is 149 Å². The Morgan fingerprint density at radius 2 is 1.62 bits per heavy atom. The second kappa shape index (κ2) is 29.1. The van der Waals surface area contributed by atoms with Crippen molar-refractivity contribution < 1.29 is 61.1 Å². The molecule has 15 nitrogen and oxygen atoms in total. The van der Waals surface area contributed by atoms with Gasteiger partial charge < -0.3 is 56.3 Å². The highest BCUT2D eigenvalue weighted by molar-refractivity contribution is 6.99. The molecule has 15 atom stereocenters. The lowest BCUT2D eigenvalue weighted by molar-refractivity contribution is -0.297. The lowest BCUT2D eigenvalue weighted by atomic mass is 9.79. The van der Waals surface area contributed by atoms with E-state index >= 15 is 0 Å². The van der Waals surface area contributed by atoms with Crippen molar-refractivity contribution in [2.75, 3.05) is 21.3 Å². The van der Waals surface area contributed by atoms with Crippen LogP contribution in [0.4, 0.5) is 0 Å². The topological polar surface area (TPSA) is 172 Å². The minimum Gasteiger partial charge on any atom is -0.458 e. The van der Waals surface area contributed by atoms with Gasteiger partial charge in [0.25, 0.3) is 8.32 Å². The number of fused-ring (bicyclic) bond motifs is 9. The molecule has 2 aromatic heterocycles. The molecule has 0 aliphatic carbocycles. The zero-order valence-corrected chi connectivity index (χ0v) is 53.1. The fourth-order valence-electron chi connectivity index (χ4n) is 13.5. The van der Waals surface area contributed by atoms with Gasteiger partial charge in [-0.15, -0.1) is 6.58 Å². The highest BCUT2D eigenvalue weighted by Crippen LogP contribution is 2.43. The van der Waals surface area contributed by atoms with Crippen LogP contribution in [-0.2, 0) is 53.5 Å². The number of rotatable bonds is 17. The minimum absolute atomic E-state index is 0.130. The molecule has 0 amide bonds. The second-order valence-electron chi connectivity index (χ2n) is 25.4. The molecule has 4 fully saturated rings. The molecule has 0 radical (unpaired) electrons. The first-order valence-electron chi connectivity index (χ1n) is 30.8. The van der Waals surface area contributed by atoms with E-state index in [1.54, 1.807) is 33.8 Å².